The Balaban J connectivity index is 2.62. The van der Waals surface area contributed by atoms with E-state index in [9.17, 15) is 0 Å². The van der Waals surface area contributed by atoms with Crippen LogP contribution in [0.3, 0.4) is 0 Å². The molecule has 1 aromatic heterocycles. The third-order valence-electron chi connectivity index (χ3n) is 1.37. The summed E-state index contributed by atoms with van der Waals surface area (Å²) in [5.74, 6) is 0. The first-order valence-electron chi connectivity index (χ1n) is 3.37. The van der Waals surface area contributed by atoms with Crippen molar-refractivity contribution < 1.29 is 4.84 Å². The standard InChI is InChI=1S/C7H11N3O/c1-6-7(5-10-11-2)9-4-3-8-6/h3-4,10H,5H2,1-2H3. The Labute approximate surface area is 65.6 Å². The summed E-state index contributed by atoms with van der Waals surface area (Å²) >= 11 is 0. The number of nitrogens with zero attached hydrogens (tertiary/aromatic N) is 2. The van der Waals surface area contributed by atoms with Gasteiger partial charge in [0.05, 0.1) is 25.0 Å². The van der Waals surface area contributed by atoms with Gasteiger partial charge in [-0.3, -0.25) is 9.97 Å². The molecule has 0 aliphatic carbocycles. The summed E-state index contributed by atoms with van der Waals surface area (Å²) < 4.78 is 0. The first-order chi connectivity index (χ1) is 5.34. The van der Waals surface area contributed by atoms with Gasteiger partial charge in [-0.25, -0.2) is 0 Å². The zero-order valence-electron chi connectivity index (χ0n) is 6.66. The first-order valence-corrected chi connectivity index (χ1v) is 3.37. The topological polar surface area (TPSA) is 47.0 Å². The molecule has 0 aromatic carbocycles. The van der Waals surface area contributed by atoms with Crippen LogP contribution in [0.25, 0.3) is 0 Å². The van der Waals surface area contributed by atoms with Crippen LogP contribution < -0.4 is 5.48 Å². The van der Waals surface area contributed by atoms with Crippen molar-refractivity contribution in [2.45, 2.75) is 13.5 Å². The molecule has 0 aliphatic rings. The van der Waals surface area contributed by atoms with Crippen molar-refractivity contribution in [3.8, 4) is 0 Å². The molecule has 11 heavy (non-hydrogen) atoms. The van der Waals surface area contributed by atoms with Crippen molar-refractivity contribution >= 4 is 0 Å². The lowest BCUT2D eigenvalue weighted by Crippen LogP contribution is -2.13. The Morgan fingerprint density at radius 1 is 1.45 bits per heavy atom. The molecule has 0 saturated carbocycles. The minimum Gasteiger partial charge on any atom is -0.305 e. The number of aryl methyl sites for hydroxylation is 1. The van der Waals surface area contributed by atoms with E-state index in [1.807, 2.05) is 6.92 Å². The van der Waals surface area contributed by atoms with Crippen molar-refractivity contribution in [1.29, 1.82) is 0 Å². The van der Waals surface area contributed by atoms with Crippen LogP contribution >= 0.6 is 0 Å². The van der Waals surface area contributed by atoms with Gasteiger partial charge in [0, 0.05) is 12.4 Å². The molecule has 0 spiro atoms. The molecule has 0 amide bonds. The van der Waals surface area contributed by atoms with Gasteiger partial charge in [-0.15, -0.1) is 0 Å². The highest BCUT2D eigenvalue weighted by Crippen LogP contribution is 1.97. The number of nitrogens with one attached hydrogen (secondary N) is 1. The second-order valence-corrected chi connectivity index (χ2v) is 2.11. The fourth-order valence-corrected chi connectivity index (χ4v) is 0.750. The molecule has 0 saturated heterocycles. The fourth-order valence-electron chi connectivity index (χ4n) is 0.750. The van der Waals surface area contributed by atoms with Gasteiger partial charge in [0.1, 0.15) is 0 Å². The van der Waals surface area contributed by atoms with Crippen LogP contribution in [0.4, 0.5) is 0 Å². The Morgan fingerprint density at radius 3 is 2.82 bits per heavy atom. The molecule has 0 bridgehead atoms. The Bertz CT molecular complexity index is 227. The molecule has 1 N–H and O–H groups in total. The minimum atomic E-state index is 0.593. The van der Waals surface area contributed by atoms with E-state index in [0.29, 0.717) is 6.54 Å². The van der Waals surface area contributed by atoms with Crippen molar-refractivity contribution in [1.82, 2.24) is 15.4 Å². The average molecular weight is 153 g/mol. The number of aromatic nitrogens is 2. The molecule has 1 rings (SSSR count). The van der Waals surface area contributed by atoms with E-state index in [1.54, 1.807) is 19.5 Å². The summed E-state index contributed by atoms with van der Waals surface area (Å²) in [5.41, 5.74) is 4.54. The molecule has 4 heteroatoms. The highest BCUT2D eigenvalue weighted by molar-refractivity contribution is 5.07. The van der Waals surface area contributed by atoms with Crippen molar-refractivity contribution in [2.24, 2.45) is 0 Å². The summed E-state index contributed by atoms with van der Waals surface area (Å²) in [7, 11) is 1.58. The SMILES string of the molecule is CONCc1nccnc1C. The van der Waals surface area contributed by atoms with Gasteiger partial charge >= 0.3 is 0 Å². The van der Waals surface area contributed by atoms with E-state index < -0.39 is 0 Å². The predicted octanol–water partition coefficient (Wildman–Crippen LogP) is 0.436. The summed E-state index contributed by atoms with van der Waals surface area (Å²) in [6, 6.07) is 0. The third-order valence-corrected chi connectivity index (χ3v) is 1.37. The van der Waals surface area contributed by atoms with Crippen LogP contribution in [-0.4, -0.2) is 17.1 Å². The average Bonchev–Trinajstić information content (AvgIpc) is 2.03. The molecule has 0 aliphatic heterocycles. The van der Waals surface area contributed by atoms with E-state index >= 15 is 0 Å². The molecule has 1 aromatic rings. The maximum Gasteiger partial charge on any atom is 0.0777 e. The molecular weight excluding hydrogens is 142 g/mol. The van der Waals surface area contributed by atoms with Gasteiger partial charge in [-0.2, -0.15) is 5.48 Å². The fraction of sp³-hybridized carbons (Fsp3) is 0.429. The molecule has 0 unspecified atom stereocenters. The van der Waals surface area contributed by atoms with Crippen LogP contribution in [0, 0.1) is 6.92 Å². The van der Waals surface area contributed by atoms with Gasteiger partial charge in [0.2, 0.25) is 0 Å². The lowest BCUT2D eigenvalue weighted by Gasteiger charge is -2.02. The molecule has 4 nitrogen and oxygen atoms in total. The number of hydrogen-bond donors (Lipinski definition) is 1. The lowest BCUT2D eigenvalue weighted by molar-refractivity contribution is 0.0856. The molecule has 0 radical (unpaired) electrons. The zero-order chi connectivity index (χ0) is 8.10. The smallest absolute Gasteiger partial charge is 0.0777 e. The van der Waals surface area contributed by atoms with Gasteiger partial charge in [0.15, 0.2) is 0 Å². The van der Waals surface area contributed by atoms with Crippen LogP contribution in [0.2, 0.25) is 0 Å². The molecule has 1 heterocycles. The van der Waals surface area contributed by atoms with Crippen molar-refractivity contribution in [2.75, 3.05) is 7.11 Å². The predicted molar refractivity (Wildman–Crippen MR) is 40.6 cm³/mol. The van der Waals surface area contributed by atoms with E-state index in [1.165, 1.54) is 0 Å². The van der Waals surface area contributed by atoms with E-state index in [-0.39, 0.29) is 0 Å². The quantitative estimate of drug-likeness (QED) is 0.640. The van der Waals surface area contributed by atoms with E-state index in [2.05, 4.69) is 20.3 Å². The number of hydroxylamine groups is 1. The zero-order valence-corrected chi connectivity index (χ0v) is 6.66. The van der Waals surface area contributed by atoms with Crippen molar-refractivity contribution in [3.05, 3.63) is 23.8 Å². The van der Waals surface area contributed by atoms with Gasteiger partial charge in [-0.1, -0.05) is 0 Å². The Hall–Kier alpha value is -1.00. The molecule has 60 valence electrons. The van der Waals surface area contributed by atoms with E-state index in [4.69, 9.17) is 0 Å². The number of hydrogen-bond acceptors (Lipinski definition) is 4. The second-order valence-electron chi connectivity index (χ2n) is 2.11. The van der Waals surface area contributed by atoms with Gasteiger partial charge < -0.3 is 4.84 Å². The molecule has 0 atom stereocenters. The third kappa shape index (κ3) is 2.25. The first kappa shape index (κ1) is 8.10. The van der Waals surface area contributed by atoms with Crippen LogP contribution in [-0.2, 0) is 11.4 Å². The highest BCUT2D eigenvalue weighted by atomic mass is 16.6. The summed E-state index contributed by atoms with van der Waals surface area (Å²) in [5, 5.41) is 0. The molecular formula is C7H11N3O. The normalized spacial score (nSPS) is 10.0. The van der Waals surface area contributed by atoms with Crippen LogP contribution in [0.15, 0.2) is 12.4 Å². The summed E-state index contributed by atoms with van der Waals surface area (Å²) in [4.78, 5) is 12.9. The lowest BCUT2D eigenvalue weighted by atomic mass is 10.3. The maximum absolute atomic E-state index is 4.68. The second kappa shape index (κ2) is 4.00. The Morgan fingerprint density at radius 2 is 2.18 bits per heavy atom. The van der Waals surface area contributed by atoms with Crippen LogP contribution in [0.1, 0.15) is 11.4 Å². The van der Waals surface area contributed by atoms with E-state index in [0.717, 1.165) is 11.4 Å². The summed E-state index contributed by atoms with van der Waals surface area (Å²) in [6.07, 6.45) is 3.34. The minimum absolute atomic E-state index is 0.593. The Kier molecular flexibility index (Phi) is 2.95. The van der Waals surface area contributed by atoms with Crippen molar-refractivity contribution in [3.63, 3.8) is 0 Å². The largest absolute Gasteiger partial charge is 0.305 e. The summed E-state index contributed by atoms with van der Waals surface area (Å²) in [6.45, 7) is 2.51. The monoisotopic (exact) mass is 153 g/mol. The highest BCUT2D eigenvalue weighted by Gasteiger charge is 1.97. The maximum atomic E-state index is 4.68. The van der Waals surface area contributed by atoms with Gasteiger partial charge in [0.25, 0.3) is 0 Å². The molecule has 0 fully saturated rings. The van der Waals surface area contributed by atoms with Gasteiger partial charge in [-0.05, 0) is 6.92 Å². The van der Waals surface area contributed by atoms with Crippen LogP contribution in [0.5, 0.6) is 0 Å². The number of rotatable bonds is 3.